The number of aryl methyl sites for hydroxylation is 1. The first-order valence-electron chi connectivity index (χ1n) is 5.99. The molecule has 3 heteroatoms. The Labute approximate surface area is 97.2 Å². The van der Waals surface area contributed by atoms with Crippen molar-refractivity contribution >= 4 is 0 Å². The molecular weight excluding hydrogens is 200 g/mol. The van der Waals surface area contributed by atoms with Crippen molar-refractivity contribution in [2.24, 2.45) is 5.92 Å². The third-order valence-electron chi connectivity index (χ3n) is 3.38. The van der Waals surface area contributed by atoms with E-state index in [1.54, 1.807) is 0 Å². The van der Waals surface area contributed by atoms with Crippen molar-refractivity contribution < 1.29 is 4.74 Å². The normalized spacial score (nSPS) is 22.2. The summed E-state index contributed by atoms with van der Waals surface area (Å²) in [7, 11) is 0. The van der Waals surface area contributed by atoms with Crippen LogP contribution in [0.25, 0.3) is 0 Å². The molecular formula is C13H20N2O. The van der Waals surface area contributed by atoms with Gasteiger partial charge < -0.3 is 10.1 Å². The van der Waals surface area contributed by atoms with Gasteiger partial charge in [-0.05, 0) is 37.8 Å². The molecule has 0 amide bonds. The molecule has 1 N–H and O–H groups in total. The molecule has 1 aromatic rings. The molecule has 16 heavy (non-hydrogen) atoms. The first-order chi connectivity index (χ1) is 7.77. The Bertz CT molecular complexity index is 334. The van der Waals surface area contributed by atoms with E-state index in [2.05, 4.69) is 30.2 Å². The van der Waals surface area contributed by atoms with E-state index in [0.717, 1.165) is 25.5 Å². The van der Waals surface area contributed by atoms with E-state index in [1.165, 1.54) is 12.0 Å². The molecule has 0 aromatic carbocycles. The van der Waals surface area contributed by atoms with Crippen LogP contribution in [-0.2, 0) is 11.3 Å². The van der Waals surface area contributed by atoms with Crippen LogP contribution in [-0.4, -0.2) is 24.2 Å². The Balaban J connectivity index is 1.84. The Morgan fingerprint density at radius 3 is 3.19 bits per heavy atom. The Hall–Kier alpha value is -0.930. The second kappa shape index (κ2) is 5.41. The predicted molar refractivity (Wildman–Crippen MR) is 64.2 cm³/mol. The second-order valence-electron chi connectivity index (χ2n) is 4.56. The minimum Gasteiger partial charge on any atom is -0.381 e. The van der Waals surface area contributed by atoms with Gasteiger partial charge >= 0.3 is 0 Å². The molecule has 1 aliphatic rings. The van der Waals surface area contributed by atoms with Crippen LogP contribution in [0, 0.1) is 12.8 Å². The number of hydrogen-bond donors (Lipinski definition) is 1. The van der Waals surface area contributed by atoms with Gasteiger partial charge in [-0.2, -0.15) is 0 Å². The highest BCUT2D eigenvalue weighted by Crippen LogP contribution is 2.16. The van der Waals surface area contributed by atoms with Gasteiger partial charge in [-0.15, -0.1) is 0 Å². The van der Waals surface area contributed by atoms with Gasteiger partial charge in [0.25, 0.3) is 0 Å². The zero-order chi connectivity index (χ0) is 11.4. The monoisotopic (exact) mass is 220 g/mol. The lowest BCUT2D eigenvalue weighted by Gasteiger charge is -2.19. The fourth-order valence-electron chi connectivity index (χ4n) is 2.07. The Kier molecular flexibility index (Phi) is 3.91. The number of rotatable bonds is 4. The summed E-state index contributed by atoms with van der Waals surface area (Å²) in [6.07, 6.45) is 3.03. The number of hydrogen-bond acceptors (Lipinski definition) is 3. The van der Waals surface area contributed by atoms with Crippen molar-refractivity contribution in [1.82, 2.24) is 10.3 Å². The van der Waals surface area contributed by atoms with Gasteiger partial charge in [0.05, 0.1) is 12.3 Å². The lowest BCUT2D eigenvalue weighted by atomic mass is 10.0. The highest BCUT2D eigenvalue weighted by atomic mass is 16.5. The standard InChI is InChI=1S/C13H20N2O/c1-10-4-3-6-14-13(10)8-15-11(2)12-5-7-16-9-12/h3-4,6,11-12,15H,5,7-9H2,1-2H3. The summed E-state index contributed by atoms with van der Waals surface area (Å²) in [4.78, 5) is 4.38. The van der Waals surface area contributed by atoms with Crippen molar-refractivity contribution in [3.05, 3.63) is 29.6 Å². The van der Waals surface area contributed by atoms with Crippen molar-refractivity contribution in [1.29, 1.82) is 0 Å². The fourth-order valence-corrected chi connectivity index (χ4v) is 2.07. The summed E-state index contributed by atoms with van der Waals surface area (Å²) >= 11 is 0. The van der Waals surface area contributed by atoms with E-state index < -0.39 is 0 Å². The average molecular weight is 220 g/mol. The second-order valence-corrected chi connectivity index (χ2v) is 4.56. The quantitative estimate of drug-likeness (QED) is 0.841. The molecule has 0 aliphatic carbocycles. The van der Waals surface area contributed by atoms with Crippen LogP contribution in [0.1, 0.15) is 24.6 Å². The lowest BCUT2D eigenvalue weighted by molar-refractivity contribution is 0.178. The van der Waals surface area contributed by atoms with Gasteiger partial charge in [-0.3, -0.25) is 4.98 Å². The van der Waals surface area contributed by atoms with E-state index in [9.17, 15) is 0 Å². The number of aromatic nitrogens is 1. The molecule has 1 aliphatic heterocycles. The zero-order valence-corrected chi connectivity index (χ0v) is 10.1. The third kappa shape index (κ3) is 2.80. The number of nitrogens with zero attached hydrogens (tertiary/aromatic N) is 1. The van der Waals surface area contributed by atoms with E-state index in [1.807, 2.05) is 12.3 Å². The van der Waals surface area contributed by atoms with Gasteiger partial charge in [-0.25, -0.2) is 0 Å². The number of nitrogens with one attached hydrogen (secondary N) is 1. The highest BCUT2D eigenvalue weighted by Gasteiger charge is 2.21. The summed E-state index contributed by atoms with van der Waals surface area (Å²) in [5.41, 5.74) is 2.40. The Morgan fingerprint density at radius 2 is 2.50 bits per heavy atom. The van der Waals surface area contributed by atoms with Crippen LogP contribution in [0.3, 0.4) is 0 Å². The number of pyridine rings is 1. The van der Waals surface area contributed by atoms with E-state index in [-0.39, 0.29) is 0 Å². The smallest absolute Gasteiger partial charge is 0.0570 e. The van der Waals surface area contributed by atoms with Crippen molar-refractivity contribution in [2.75, 3.05) is 13.2 Å². The molecule has 88 valence electrons. The van der Waals surface area contributed by atoms with Gasteiger partial charge in [0.1, 0.15) is 0 Å². The molecule has 0 saturated carbocycles. The summed E-state index contributed by atoms with van der Waals surface area (Å²) in [6.45, 7) is 7.00. The molecule has 1 saturated heterocycles. The van der Waals surface area contributed by atoms with Crippen LogP contribution in [0.15, 0.2) is 18.3 Å². The number of ether oxygens (including phenoxy) is 1. The molecule has 1 aromatic heterocycles. The maximum absolute atomic E-state index is 5.40. The van der Waals surface area contributed by atoms with Gasteiger partial charge in [0.2, 0.25) is 0 Å². The third-order valence-corrected chi connectivity index (χ3v) is 3.38. The minimum absolute atomic E-state index is 0.504. The molecule has 2 atom stereocenters. The lowest BCUT2D eigenvalue weighted by Crippen LogP contribution is -2.33. The molecule has 0 radical (unpaired) electrons. The van der Waals surface area contributed by atoms with Crippen LogP contribution in [0.5, 0.6) is 0 Å². The first-order valence-corrected chi connectivity index (χ1v) is 5.99. The molecule has 2 rings (SSSR count). The van der Waals surface area contributed by atoms with E-state index in [4.69, 9.17) is 4.74 Å². The average Bonchev–Trinajstić information content (AvgIpc) is 2.81. The predicted octanol–water partition coefficient (Wildman–Crippen LogP) is 1.90. The minimum atomic E-state index is 0.504. The molecule has 0 spiro atoms. The molecule has 1 fully saturated rings. The Morgan fingerprint density at radius 1 is 1.62 bits per heavy atom. The van der Waals surface area contributed by atoms with Crippen molar-refractivity contribution in [3.63, 3.8) is 0 Å². The summed E-state index contributed by atoms with van der Waals surface area (Å²) in [5.74, 6) is 0.656. The SMILES string of the molecule is Cc1cccnc1CNC(C)C1CCOC1. The van der Waals surface area contributed by atoms with Gasteiger partial charge in [0, 0.05) is 25.4 Å². The summed E-state index contributed by atoms with van der Waals surface area (Å²) in [5, 5.41) is 3.54. The molecule has 3 nitrogen and oxygen atoms in total. The van der Waals surface area contributed by atoms with E-state index in [0.29, 0.717) is 12.0 Å². The fraction of sp³-hybridized carbons (Fsp3) is 0.615. The van der Waals surface area contributed by atoms with Crippen molar-refractivity contribution in [2.45, 2.75) is 32.9 Å². The van der Waals surface area contributed by atoms with Crippen LogP contribution >= 0.6 is 0 Å². The molecule has 0 bridgehead atoms. The van der Waals surface area contributed by atoms with Crippen LogP contribution in [0.2, 0.25) is 0 Å². The van der Waals surface area contributed by atoms with Gasteiger partial charge in [-0.1, -0.05) is 6.07 Å². The molecule has 2 unspecified atom stereocenters. The first kappa shape index (κ1) is 11.6. The van der Waals surface area contributed by atoms with Crippen LogP contribution in [0.4, 0.5) is 0 Å². The summed E-state index contributed by atoms with van der Waals surface area (Å²) in [6, 6.07) is 4.59. The summed E-state index contributed by atoms with van der Waals surface area (Å²) < 4.78 is 5.40. The maximum atomic E-state index is 5.40. The van der Waals surface area contributed by atoms with Gasteiger partial charge in [0.15, 0.2) is 0 Å². The highest BCUT2D eigenvalue weighted by molar-refractivity contribution is 5.17. The zero-order valence-electron chi connectivity index (χ0n) is 10.1. The molecule has 2 heterocycles. The topological polar surface area (TPSA) is 34.2 Å². The van der Waals surface area contributed by atoms with Crippen LogP contribution < -0.4 is 5.32 Å². The van der Waals surface area contributed by atoms with Crippen molar-refractivity contribution in [3.8, 4) is 0 Å². The largest absolute Gasteiger partial charge is 0.381 e. The maximum Gasteiger partial charge on any atom is 0.0570 e. The van der Waals surface area contributed by atoms with E-state index >= 15 is 0 Å².